The van der Waals surface area contributed by atoms with E-state index in [1.807, 2.05) is 0 Å². The van der Waals surface area contributed by atoms with Gasteiger partial charge in [-0.25, -0.2) is 0 Å². The van der Waals surface area contributed by atoms with Crippen LogP contribution in [0.4, 0.5) is 0 Å². The van der Waals surface area contributed by atoms with Crippen molar-refractivity contribution in [3.8, 4) is 23.7 Å². The molecular formula is C8H8S2. The van der Waals surface area contributed by atoms with E-state index in [1.165, 1.54) is 0 Å². The monoisotopic (exact) mass is 168 g/mol. The average Bonchev–Trinajstić information content (AvgIpc) is 1.97. The van der Waals surface area contributed by atoms with Gasteiger partial charge in [0.1, 0.15) is 0 Å². The van der Waals surface area contributed by atoms with E-state index in [-0.39, 0.29) is 0 Å². The predicted octanol–water partition coefficient (Wildman–Crippen LogP) is 1.41. The largest absolute Gasteiger partial charge is 0.166 e. The molecular weight excluding hydrogens is 160 g/mol. The molecule has 0 aromatic rings. The summed E-state index contributed by atoms with van der Waals surface area (Å²) in [5.41, 5.74) is 0. The van der Waals surface area contributed by atoms with Crippen LogP contribution in [0.5, 0.6) is 0 Å². The Kier molecular flexibility index (Phi) is 8.18. The average molecular weight is 168 g/mol. The molecule has 0 aromatic heterocycles. The smallest absolute Gasteiger partial charge is 0.0520 e. The van der Waals surface area contributed by atoms with Crippen LogP contribution in [0.25, 0.3) is 0 Å². The molecule has 0 fully saturated rings. The molecule has 0 atom stereocenters. The first-order valence-electron chi connectivity index (χ1n) is 2.75. The Balaban J connectivity index is 3.56. The zero-order valence-electron chi connectivity index (χ0n) is 5.46. The number of allylic oxidation sites excluding steroid dienone is 2. The molecule has 0 aliphatic rings. The summed E-state index contributed by atoms with van der Waals surface area (Å²) in [6.07, 6.45) is 3.40. The summed E-state index contributed by atoms with van der Waals surface area (Å²) >= 11 is 7.82. The molecule has 0 spiro atoms. The van der Waals surface area contributed by atoms with Gasteiger partial charge in [0, 0.05) is 0 Å². The Morgan fingerprint density at radius 1 is 0.900 bits per heavy atom. The minimum absolute atomic E-state index is 0.588. The van der Waals surface area contributed by atoms with Gasteiger partial charge in [0.15, 0.2) is 0 Å². The van der Waals surface area contributed by atoms with Crippen molar-refractivity contribution in [2.24, 2.45) is 0 Å². The number of thiol groups is 2. The zero-order valence-corrected chi connectivity index (χ0v) is 7.25. The first kappa shape index (κ1) is 9.56. The van der Waals surface area contributed by atoms with E-state index in [1.54, 1.807) is 12.2 Å². The minimum Gasteiger partial charge on any atom is -0.166 e. The fourth-order valence-electron chi connectivity index (χ4n) is 0.292. The van der Waals surface area contributed by atoms with Crippen LogP contribution in [0.1, 0.15) is 0 Å². The SMILES string of the molecule is SCC#C/C=C/C#CCS. The van der Waals surface area contributed by atoms with Crippen LogP contribution in [-0.2, 0) is 0 Å². The molecule has 0 nitrogen and oxygen atoms in total. The fraction of sp³-hybridized carbons (Fsp3) is 0.250. The normalized spacial score (nSPS) is 7.80. The molecule has 0 radical (unpaired) electrons. The Morgan fingerprint density at radius 2 is 1.30 bits per heavy atom. The van der Waals surface area contributed by atoms with Gasteiger partial charge >= 0.3 is 0 Å². The molecule has 10 heavy (non-hydrogen) atoms. The second-order valence-corrected chi connectivity index (χ2v) is 1.92. The highest BCUT2D eigenvalue weighted by Crippen LogP contribution is 1.71. The van der Waals surface area contributed by atoms with Crippen LogP contribution in [0.3, 0.4) is 0 Å². The molecule has 0 saturated heterocycles. The maximum atomic E-state index is 3.91. The maximum absolute atomic E-state index is 3.91. The molecule has 0 heterocycles. The zero-order chi connectivity index (χ0) is 7.66. The maximum Gasteiger partial charge on any atom is 0.0520 e. The number of hydrogen-bond donors (Lipinski definition) is 2. The second kappa shape index (κ2) is 8.56. The Hall–Kier alpha value is -0.440. The quantitative estimate of drug-likeness (QED) is 0.396. The van der Waals surface area contributed by atoms with Crippen molar-refractivity contribution in [2.75, 3.05) is 11.5 Å². The van der Waals surface area contributed by atoms with Crippen molar-refractivity contribution in [3.05, 3.63) is 12.2 Å². The van der Waals surface area contributed by atoms with E-state index in [0.717, 1.165) is 0 Å². The molecule has 0 aliphatic heterocycles. The summed E-state index contributed by atoms with van der Waals surface area (Å²) in [5, 5.41) is 0. The third-order valence-corrected chi connectivity index (χ3v) is 0.928. The van der Waals surface area contributed by atoms with Crippen LogP contribution < -0.4 is 0 Å². The van der Waals surface area contributed by atoms with Crippen molar-refractivity contribution < 1.29 is 0 Å². The minimum atomic E-state index is 0.588. The van der Waals surface area contributed by atoms with Crippen LogP contribution in [0.2, 0.25) is 0 Å². The number of hydrogen-bond acceptors (Lipinski definition) is 2. The van der Waals surface area contributed by atoms with Gasteiger partial charge in [-0.15, -0.1) is 0 Å². The van der Waals surface area contributed by atoms with Gasteiger partial charge < -0.3 is 0 Å². The lowest BCUT2D eigenvalue weighted by Gasteiger charge is -1.66. The topological polar surface area (TPSA) is 0 Å². The fourth-order valence-corrected chi connectivity index (χ4v) is 0.475. The lowest BCUT2D eigenvalue weighted by atomic mass is 10.5. The lowest BCUT2D eigenvalue weighted by Crippen LogP contribution is -1.59. The van der Waals surface area contributed by atoms with Gasteiger partial charge in [-0.1, -0.05) is 23.7 Å². The standard InChI is InChI=1S/C8H8S2/c9-7-5-3-1-2-4-6-8-10/h1-2,9-10H,7-8H2/b2-1+. The van der Waals surface area contributed by atoms with Crippen molar-refractivity contribution in [3.63, 3.8) is 0 Å². The van der Waals surface area contributed by atoms with Crippen molar-refractivity contribution in [1.29, 1.82) is 0 Å². The highest BCUT2D eigenvalue weighted by atomic mass is 32.1. The highest BCUT2D eigenvalue weighted by Gasteiger charge is 1.59. The van der Waals surface area contributed by atoms with Gasteiger partial charge in [-0.05, 0) is 12.2 Å². The molecule has 52 valence electrons. The van der Waals surface area contributed by atoms with E-state index in [0.29, 0.717) is 11.5 Å². The van der Waals surface area contributed by atoms with Crippen LogP contribution in [-0.4, -0.2) is 11.5 Å². The molecule has 0 aliphatic carbocycles. The van der Waals surface area contributed by atoms with Crippen molar-refractivity contribution >= 4 is 25.3 Å². The summed E-state index contributed by atoms with van der Waals surface area (Å²) in [7, 11) is 0. The van der Waals surface area contributed by atoms with E-state index in [4.69, 9.17) is 0 Å². The van der Waals surface area contributed by atoms with Crippen molar-refractivity contribution in [2.45, 2.75) is 0 Å². The van der Waals surface area contributed by atoms with Gasteiger partial charge in [0.25, 0.3) is 0 Å². The summed E-state index contributed by atoms with van der Waals surface area (Å²) in [4.78, 5) is 0. The first-order chi connectivity index (χ1) is 4.91. The lowest BCUT2D eigenvalue weighted by molar-refractivity contribution is 1.93. The third kappa shape index (κ3) is 7.56. The third-order valence-electron chi connectivity index (χ3n) is 0.612. The molecule has 0 aromatic carbocycles. The second-order valence-electron chi connectivity index (χ2n) is 1.29. The van der Waals surface area contributed by atoms with E-state index < -0.39 is 0 Å². The molecule has 0 bridgehead atoms. The van der Waals surface area contributed by atoms with E-state index >= 15 is 0 Å². The van der Waals surface area contributed by atoms with E-state index in [9.17, 15) is 0 Å². The highest BCUT2D eigenvalue weighted by molar-refractivity contribution is 7.80. The van der Waals surface area contributed by atoms with Crippen LogP contribution >= 0.6 is 25.3 Å². The molecule has 0 amide bonds. The predicted molar refractivity (Wildman–Crippen MR) is 52.4 cm³/mol. The van der Waals surface area contributed by atoms with Gasteiger partial charge in [-0.2, -0.15) is 25.3 Å². The molecule has 2 heteroatoms. The van der Waals surface area contributed by atoms with Crippen molar-refractivity contribution in [1.82, 2.24) is 0 Å². The van der Waals surface area contributed by atoms with Gasteiger partial charge in [-0.3, -0.25) is 0 Å². The van der Waals surface area contributed by atoms with E-state index in [2.05, 4.69) is 48.9 Å². The summed E-state index contributed by atoms with van der Waals surface area (Å²) < 4.78 is 0. The first-order valence-corrected chi connectivity index (χ1v) is 4.02. The molecule has 0 N–H and O–H groups in total. The Labute approximate surface area is 72.9 Å². The van der Waals surface area contributed by atoms with Gasteiger partial charge in [0.05, 0.1) is 11.5 Å². The summed E-state index contributed by atoms with van der Waals surface area (Å²) in [6.45, 7) is 0. The van der Waals surface area contributed by atoms with Crippen LogP contribution in [0.15, 0.2) is 12.2 Å². The summed E-state index contributed by atoms with van der Waals surface area (Å²) in [5.74, 6) is 12.2. The Morgan fingerprint density at radius 3 is 1.60 bits per heavy atom. The van der Waals surface area contributed by atoms with Gasteiger partial charge in [0.2, 0.25) is 0 Å². The molecule has 0 unspecified atom stereocenters. The summed E-state index contributed by atoms with van der Waals surface area (Å²) in [6, 6.07) is 0. The Bertz CT molecular complexity index is 183. The molecule has 0 rings (SSSR count). The van der Waals surface area contributed by atoms with Crippen LogP contribution in [0, 0.1) is 23.7 Å². The number of rotatable bonds is 0. The molecule has 0 saturated carbocycles.